The van der Waals surface area contributed by atoms with E-state index in [0.29, 0.717) is 12.8 Å². The Morgan fingerprint density at radius 1 is 0.800 bits per heavy atom. The minimum atomic E-state index is 0.436. The highest BCUT2D eigenvalue weighted by Gasteiger charge is 1.69. The maximum Gasteiger partial charge on any atom is 0.123 e. The normalized spacial score (nSPS) is 10.8. The van der Waals surface area contributed by atoms with Gasteiger partial charge in [-0.05, 0) is 0 Å². The van der Waals surface area contributed by atoms with Crippen molar-refractivity contribution in [2.75, 3.05) is 0 Å². The average molecular weight is 138 g/mol. The van der Waals surface area contributed by atoms with E-state index in [0.717, 1.165) is 12.6 Å². The Balaban J connectivity index is 3.31. The Labute approximate surface area is 60.2 Å². The third-order valence-electron chi connectivity index (χ3n) is 0.848. The summed E-state index contributed by atoms with van der Waals surface area (Å²) in [5.41, 5.74) is 0. The van der Waals surface area contributed by atoms with E-state index < -0.39 is 0 Å². The van der Waals surface area contributed by atoms with Crippen molar-refractivity contribution >= 4 is 12.6 Å². The van der Waals surface area contributed by atoms with Crippen LogP contribution in [0, 0.1) is 0 Å². The SMILES string of the molecule is O=CCC=CC=CCC=O. The molecule has 0 aromatic rings. The molecule has 0 rings (SSSR count). The van der Waals surface area contributed by atoms with E-state index in [-0.39, 0.29) is 0 Å². The molecule has 0 spiro atoms. The zero-order valence-corrected chi connectivity index (χ0v) is 5.69. The molecule has 0 amide bonds. The number of allylic oxidation sites excluding steroid dienone is 4. The van der Waals surface area contributed by atoms with Crippen molar-refractivity contribution in [3.8, 4) is 0 Å². The monoisotopic (exact) mass is 138 g/mol. The van der Waals surface area contributed by atoms with Gasteiger partial charge in [-0.1, -0.05) is 24.3 Å². The maximum absolute atomic E-state index is 9.76. The molecule has 0 fully saturated rings. The van der Waals surface area contributed by atoms with Crippen molar-refractivity contribution in [3.05, 3.63) is 24.3 Å². The summed E-state index contributed by atoms with van der Waals surface area (Å²) in [7, 11) is 0. The number of hydrogen-bond acceptors (Lipinski definition) is 2. The quantitative estimate of drug-likeness (QED) is 0.423. The van der Waals surface area contributed by atoms with Gasteiger partial charge in [0.25, 0.3) is 0 Å². The van der Waals surface area contributed by atoms with E-state index in [1.807, 2.05) is 0 Å². The predicted molar refractivity (Wildman–Crippen MR) is 39.6 cm³/mol. The standard InChI is InChI=1S/C8H10O2/c9-7-5-3-1-2-4-6-8-10/h1-4,7-8H,5-6H2. The fourth-order valence-corrected chi connectivity index (χ4v) is 0.425. The van der Waals surface area contributed by atoms with Gasteiger partial charge >= 0.3 is 0 Å². The van der Waals surface area contributed by atoms with Crippen molar-refractivity contribution in [1.82, 2.24) is 0 Å². The molecule has 54 valence electrons. The van der Waals surface area contributed by atoms with Gasteiger partial charge in [0, 0.05) is 12.8 Å². The van der Waals surface area contributed by atoms with Crippen LogP contribution in [-0.2, 0) is 9.59 Å². The summed E-state index contributed by atoms with van der Waals surface area (Å²) in [4.78, 5) is 19.5. The molecule has 0 bridgehead atoms. The van der Waals surface area contributed by atoms with Gasteiger partial charge in [0.05, 0.1) is 0 Å². The molecule has 0 aliphatic rings. The van der Waals surface area contributed by atoms with Gasteiger partial charge in [0.2, 0.25) is 0 Å². The molecule has 0 aromatic carbocycles. The predicted octanol–water partition coefficient (Wildman–Crippen LogP) is 1.28. The highest BCUT2D eigenvalue weighted by atomic mass is 16.1. The van der Waals surface area contributed by atoms with E-state index in [2.05, 4.69) is 0 Å². The van der Waals surface area contributed by atoms with E-state index >= 15 is 0 Å². The van der Waals surface area contributed by atoms with Gasteiger partial charge in [-0.2, -0.15) is 0 Å². The first-order valence-corrected chi connectivity index (χ1v) is 3.10. The average Bonchev–Trinajstić information content (AvgIpc) is 1.97. The number of carbonyl (C=O) groups is 2. The highest BCUT2D eigenvalue weighted by Crippen LogP contribution is 1.82. The van der Waals surface area contributed by atoms with E-state index in [9.17, 15) is 9.59 Å². The van der Waals surface area contributed by atoms with Crippen LogP contribution in [0.3, 0.4) is 0 Å². The van der Waals surface area contributed by atoms with Crippen molar-refractivity contribution in [1.29, 1.82) is 0 Å². The maximum atomic E-state index is 9.76. The second-order valence-corrected chi connectivity index (χ2v) is 1.66. The van der Waals surface area contributed by atoms with Crippen LogP contribution in [0.1, 0.15) is 12.8 Å². The summed E-state index contributed by atoms with van der Waals surface area (Å²) in [5, 5.41) is 0. The Hall–Kier alpha value is -1.18. The molecule has 0 atom stereocenters. The van der Waals surface area contributed by atoms with Crippen LogP contribution in [0.25, 0.3) is 0 Å². The van der Waals surface area contributed by atoms with Crippen LogP contribution >= 0.6 is 0 Å². The van der Waals surface area contributed by atoms with Crippen LogP contribution in [-0.4, -0.2) is 12.6 Å². The van der Waals surface area contributed by atoms with E-state index in [1.165, 1.54) is 0 Å². The van der Waals surface area contributed by atoms with Gasteiger partial charge in [-0.25, -0.2) is 0 Å². The molecule has 10 heavy (non-hydrogen) atoms. The summed E-state index contributed by atoms with van der Waals surface area (Å²) in [5.74, 6) is 0. The minimum Gasteiger partial charge on any atom is -0.303 e. The summed E-state index contributed by atoms with van der Waals surface area (Å²) in [6.45, 7) is 0. The Bertz CT molecular complexity index is 127. The second-order valence-electron chi connectivity index (χ2n) is 1.66. The minimum absolute atomic E-state index is 0.436. The molecular formula is C8H10O2. The first kappa shape index (κ1) is 8.82. The molecule has 0 aromatic heterocycles. The molecule has 2 nitrogen and oxygen atoms in total. The number of aldehydes is 2. The molecule has 0 unspecified atom stereocenters. The topological polar surface area (TPSA) is 34.1 Å². The molecular weight excluding hydrogens is 128 g/mol. The smallest absolute Gasteiger partial charge is 0.123 e. The number of hydrogen-bond donors (Lipinski definition) is 0. The van der Waals surface area contributed by atoms with Crippen molar-refractivity contribution in [2.24, 2.45) is 0 Å². The number of rotatable bonds is 5. The van der Waals surface area contributed by atoms with Crippen molar-refractivity contribution < 1.29 is 9.59 Å². The van der Waals surface area contributed by atoms with E-state index in [4.69, 9.17) is 0 Å². The first-order valence-electron chi connectivity index (χ1n) is 3.10. The Kier molecular flexibility index (Phi) is 6.90. The van der Waals surface area contributed by atoms with Gasteiger partial charge in [-0.15, -0.1) is 0 Å². The molecule has 0 N–H and O–H groups in total. The van der Waals surface area contributed by atoms with Crippen LogP contribution < -0.4 is 0 Å². The summed E-state index contributed by atoms with van der Waals surface area (Å²) < 4.78 is 0. The molecule has 0 aliphatic carbocycles. The highest BCUT2D eigenvalue weighted by molar-refractivity contribution is 5.53. The third kappa shape index (κ3) is 6.82. The second kappa shape index (κ2) is 7.82. The van der Waals surface area contributed by atoms with Gasteiger partial charge in [0.1, 0.15) is 12.6 Å². The fourth-order valence-electron chi connectivity index (χ4n) is 0.425. The Morgan fingerprint density at radius 3 is 1.50 bits per heavy atom. The lowest BCUT2D eigenvalue weighted by Crippen LogP contribution is -1.65. The van der Waals surface area contributed by atoms with Gasteiger partial charge < -0.3 is 9.59 Å². The lowest BCUT2D eigenvalue weighted by molar-refractivity contribution is -0.107. The molecule has 0 heterocycles. The molecule has 2 heteroatoms. The largest absolute Gasteiger partial charge is 0.303 e. The summed E-state index contributed by atoms with van der Waals surface area (Å²) in [6, 6.07) is 0. The van der Waals surface area contributed by atoms with Crippen LogP contribution in [0.15, 0.2) is 24.3 Å². The third-order valence-corrected chi connectivity index (χ3v) is 0.848. The Morgan fingerprint density at radius 2 is 1.20 bits per heavy atom. The molecule has 0 radical (unpaired) electrons. The first-order chi connectivity index (χ1) is 4.91. The lowest BCUT2D eigenvalue weighted by atomic mass is 10.3. The van der Waals surface area contributed by atoms with Crippen molar-refractivity contribution in [3.63, 3.8) is 0 Å². The zero-order valence-electron chi connectivity index (χ0n) is 5.69. The van der Waals surface area contributed by atoms with Gasteiger partial charge in [-0.3, -0.25) is 0 Å². The zero-order chi connectivity index (χ0) is 7.66. The molecule has 0 aliphatic heterocycles. The van der Waals surface area contributed by atoms with Crippen LogP contribution in [0.4, 0.5) is 0 Å². The van der Waals surface area contributed by atoms with E-state index in [1.54, 1.807) is 24.3 Å². The molecule has 0 saturated heterocycles. The summed E-state index contributed by atoms with van der Waals surface area (Å²) in [6.07, 6.45) is 9.48. The van der Waals surface area contributed by atoms with Gasteiger partial charge in [0.15, 0.2) is 0 Å². The fraction of sp³-hybridized carbons (Fsp3) is 0.250. The lowest BCUT2D eigenvalue weighted by Gasteiger charge is -1.74. The van der Waals surface area contributed by atoms with Crippen LogP contribution in [0.2, 0.25) is 0 Å². The van der Waals surface area contributed by atoms with Crippen molar-refractivity contribution in [2.45, 2.75) is 12.8 Å². The van der Waals surface area contributed by atoms with Crippen LogP contribution in [0.5, 0.6) is 0 Å². The number of carbonyl (C=O) groups excluding carboxylic acids is 2. The molecule has 0 saturated carbocycles. The summed E-state index contributed by atoms with van der Waals surface area (Å²) >= 11 is 0.